The lowest BCUT2D eigenvalue weighted by atomic mass is 9.58. The zero-order valence-electron chi connectivity index (χ0n) is 31.9. The Hall–Kier alpha value is -4.56. The van der Waals surface area contributed by atoms with Gasteiger partial charge >= 0.3 is 0 Å². The molecule has 0 atom stereocenters. The third-order valence-electron chi connectivity index (χ3n) is 11.8. The average molecular weight is 713 g/mol. The highest BCUT2D eigenvalue weighted by molar-refractivity contribution is 6.74. The van der Waals surface area contributed by atoms with Gasteiger partial charge in [-0.05, 0) is 66.4 Å². The summed E-state index contributed by atoms with van der Waals surface area (Å²) in [6.45, 7) is 0. The summed E-state index contributed by atoms with van der Waals surface area (Å²) in [5.41, 5.74) is 3.65. The molecule has 0 N–H and O–H groups in total. The van der Waals surface area contributed by atoms with Crippen molar-refractivity contribution in [2.45, 2.75) is 0 Å². The minimum atomic E-state index is -0.0608. The van der Waals surface area contributed by atoms with E-state index >= 15 is 0 Å². The van der Waals surface area contributed by atoms with Crippen LogP contribution in [0.3, 0.4) is 0 Å². The molecular weight excluding hydrogens is 704 g/mol. The molecule has 0 spiro atoms. The molecule has 234 valence electrons. The van der Waals surface area contributed by atoms with Crippen molar-refractivity contribution >= 4 is 281 Å². The maximum Gasteiger partial charge on any atom is 0.141 e. The lowest BCUT2D eigenvalue weighted by Gasteiger charge is -2.30. The van der Waals surface area contributed by atoms with Crippen LogP contribution in [-0.2, 0) is 0 Å². The van der Waals surface area contributed by atoms with Gasteiger partial charge in [0.25, 0.3) is 0 Å². The molecule has 0 unspecified atom stereocenters. The van der Waals surface area contributed by atoms with E-state index in [1.165, 1.54) is 0 Å². The van der Waals surface area contributed by atoms with Crippen molar-refractivity contribution in [3.8, 4) is 33.4 Å². The minimum Gasteiger partial charge on any atom is -0.456 e. The van der Waals surface area contributed by atoms with Crippen LogP contribution in [0.2, 0.25) is 0 Å². The molecule has 34 radical (unpaired) electrons. The molecule has 0 aliphatic carbocycles. The van der Waals surface area contributed by atoms with Crippen molar-refractivity contribution in [1.82, 2.24) is 0 Å². The van der Waals surface area contributed by atoms with Gasteiger partial charge in [0, 0.05) is 16.2 Å². The van der Waals surface area contributed by atoms with Crippen molar-refractivity contribution in [1.29, 1.82) is 0 Å². The normalized spacial score (nSPS) is 11.8. The van der Waals surface area contributed by atoms with Crippen molar-refractivity contribution in [2.24, 2.45) is 0 Å². The smallest absolute Gasteiger partial charge is 0.141 e. The number of hydrogen-bond acceptors (Lipinski definition) is 1. The molecule has 1 aromatic heterocycles. The minimum absolute atomic E-state index is 0.000906. The van der Waals surface area contributed by atoms with Crippen LogP contribution in [0.5, 0.6) is 0 Å². The zero-order valence-corrected chi connectivity index (χ0v) is 31.9. The van der Waals surface area contributed by atoms with Gasteiger partial charge in [0.15, 0.2) is 0 Å². The van der Waals surface area contributed by atoms with E-state index in [-0.39, 0.29) is 147 Å². The number of fused-ring (bicyclic) bond motifs is 7. The zero-order chi connectivity index (χ0) is 43.1. The molecule has 60 heavy (non-hydrogen) atoms. The third kappa shape index (κ3) is 5.37. The molecule has 9 aromatic rings. The Kier molecular flexibility index (Phi) is 9.70. The first-order valence-electron chi connectivity index (χ1n) is 18.3. The molecule has 0 aliphatic rings. The van der Waals surface area contributed by atoms with E-state index < -0.39 is 0 Å². The second-order valence-electron chi connectivity index (χ2n) is 14.9. The van der Waals surface area contributed by atoms with E-state index in [0.29, 0.717) is 21.9 Å². The van der Waals surface area contributed by atoms with E-state index in [0.717, 1.165) is 11.1 Å². The summed E-state index contributed by atoms with van der Waals surface area (Å²) in [6, 6.07) is 17.5. The van der Waals surface area contributed by atoms with Crippen LogP contribution in [0.25, 0.3) is 87.6 Å². The molecule has 18 heteroatoms. The van der Waals surface area contributed by atoms with Crippen LogP contribution in [0.15, 0.2) is 59.0 Å². The Morgan fingerprint density at radius 2 is 0.600 bits per heavy atom. The summed E-state index contributed by atoms with van der Waals surface area (Å²) in [5.74, 6) is 0. The maximum absolute atomic E-state index is 7.30. The van der Waals surface area contributed by atoms with Crippen LogP contribution in [-0.4, -0.2) is 133 Å². The topological polar surface area (TPSA) is 13.1 Å². The molecule has 0 fully saturated rings. The van der Waals surface area contributed by atoms with Gasteiger partial charge in [-0.3, -0.25) is 0 Å². The summed E-state index contributed by atoms with van der Waals surface area (Å²) in [6.07, 6.45) is 0. The van der Waals surface area contributed by atoms with Crippen LogP contribution in [0.1, 0.15) is 0 Å². The number of hydrogen-bond donors (Lipinski definition) is 0. The molecule has 9 rings (SSSR count). The van der Waals surface area contributed by atoms with Crippen LogP contribution in [0.4, 0.5) is 0 Å². The Labute approximate surface area is 370 Å². The van der Waals surface area contributed by atoms with E-state index in [1.54, 1.807) is 0 Å². The fraction of sp³-hybridized carbons (Fsp3) is 0. The molecule has 1 nitrogen and oxygen atoms in total. The molecule has 0 saturated carbocycles. The average Bonchev–Trinajstić information content (AvgIpc) is 3.66. The highest BCUT2D eigenvalue weighted by Crippen LogP contribution is 2.41. The number of benzene rings is 8. The van der Waals surface area contributed by atoms with E-state index in [2.05, 4.69) is 0 Å². The van der Waals surface area contributed by atoms with Gasteiger partial charge in [-0.25, -0.2) is 0 Å². The summed E-state index contributed by atoms with van der Waals surface area (Å²) in [7, 11) is 115. The predicted octanol–water partition coefficient (Wildman–Crippen LogP) is -8.46. The van der Waals surface area contributed by atoms with Crippen molar-refractivity contribution in [2.75, 3.05) is 0 Å². The summed E-state index contributed by atoms with van der Waals surface area (Å²) >= 11 is 0. The lowest BCUT2D eigenvalue weighted by molar-refractivity contribution is 0.676. The van der Waals surface area contributed by atoms with Gasteiger partial charge in [0.1, 0.15) is 145 Å². The SMILES string of the molecule is [B]c1c(-c2c3c([B])c([B])c([B])c([B])c3c(-c3cccc(-c4ccccc4)c3)c3c([B])c([B])c([B])c([B])c23)c([B])c2c(oc3c4c([B])c([B])c([B])c([B])c4c([B])c([B])c32)c1[B]. The van der Waals surface area contributed by atoms with Crippen LogP contribution >= 0.6 is 0 Å². The highest BCUT2D eigenvalue weighted by atomic mass is 16.3. The first-order chi connectivity index (χ1) is 28.4. The Bertz CT molecular complexity index is 3370. The van der Waals surface area contributed by atoms with Crippen LogP contribution in [0, 0.1) is 0 Å². The van der Waals surface area contributed by atoms with Gasteiger partial charge in [0.2, 0.25) is 0 Å². The monoisotopic (exact) mass is 716 g/mol. The maximum atomic E-state index is 7.30. The highest BCUT2D eigenvalue weighted by Gasteiger charge is 2.29. The second-order valence-corrected chi connectivity index (χ2v) is 14.9. The van der Waals surface area contributed by atoms with Gasteiger partial charge in [0.05, 0.1) is 0 Å². The molecular formula is C42H9B17O. The Morgan fingerprint density at radius 1 is 0.233 bits per heavy atom. The van der Waals surface area contributed by atoms with Gasteiger partial charge in [-0.15, -0.1) is 32.8 Å². The van der Waals surface area contributed by atoms with Crippen molar-refractivity contribution in [3.63, 3.8) is 0 Å². The fourth-order valence-corrected chi connectivity index (χ4v) is 8.69. The fourth-order valence-electron chi connectivity index (χ4n) is 8.69. The Balaban J connectivity index is 1.56. The first-order valence-corrected chi connectivity index (χ1v) is 18.3. The molecule has 1 heterocycles. The summed E-state index contributed by atoms with van der Waals surface area (Å²) in [5, 5.41) is 2.07. The first kappa shape index (κ1) is 40.8. The van der Waals surface area contributed by atoms with Gasteiger partial charge in [-0.2, -0.15) is 0 Å². The molecule has 0 aliphatic heterocycles. The predicted molar refractivity (Wildman–Crippen MR) is 274 cm³/mol. The summed E-state index contributed by atoms with van der Waals surface area (Å²) < 4.78 is 6.46. The van der Waals surface area contributed by atoms with E-state index in [4.69, 9.17) is 138 Å². The lowest BCUT2D eigenvalue weighted by Crippen LogP contribution is -2.50. The quantitative estimate of drug-likeness (QED) is 0.131. The van der Waals surface area contributed by atoms with Gasteiger partial charge in [-0.1, -0.05) is 109 Å². The van der Waals surface area contributed by atoms with Gasteiger partial charge < -0.3 is 4.42 Å². The molecule has 0 bridgehead atoms. The third-order valence-corrected chi connectivity index (χ3v) is 11.8. The largest absolute Gasteiger partial charge is 0.456 e. The summed E-state index contributed by atoms with van der Waals surface area (Å²) in [4.78, 5) is 0. The number of rotatable bonds is 3. The standard InChI is InChI=1S/C42H9B17O/c43-24-19(31(50)40(59)42-22(24)23-32(51)29(48)20-21(41(23)60-42)33(52)39(58)38(57)30(20)49)14-17-15(25(44)34(53)36(55)27(17)46)13(16-18(14)28(47)37(56)35(54)26(16)45)12-8-4-7-11(9-12)10-5-2-1-3-6-10/h1-9H. The second kappa shape index (κ2) is 14.3. The van der Waals surface area contributed by atoms with Crippen LogP contribution < -0.4 is 92.9 Å². The van der Waals surface area contributed by atoms with E-state index in [1.807, 2.05) is 54.6 Å². The number of furan rings is 1. The van der Waals surface area contributed by atoms with Crippen molar-refractivity contribution < 1.29 is 4.42 Å². The molecule has 0 saturated heterocycles. The Morgan fingerprint density at radius 3 is 1.12 bits per heavy atom. The molecule has 8 aromatic carbocycles. The van der Waals surface area contributed by atoms with E-state index in [9.17, 15) is 0 Å². The molecule has 0 amide bonds. The van der Waals surface area contributed by atoms with Crippen molar-refractivity contribution in [3.05, 3.63) is 54.6 Å².